The molecule has 5 nitrogen and oxygen atoms in total. The van der Waals surface area contributed by atoms with Gasteiger partial charge < -0.3 is 9.80 Å². The molecule has 2 bridgehead atoms. The van der Waals surface area contributed by atoms with E-state index in [2.05, 4.69) is 4.98 Å². The summed E-state index contributed by atoms with van der Waals surface area (Å²) in [5, 5.41) is 0.858. The second-order valence-electron chi connectivity index (χ2n) is 5.63. The van der Waals surface area contributed by atoms with Crippen LogP contribution in [0.5, 0.6) is 0 Å². The first-order valence-corrected chi connectivity index (χ1v) is 8.22. The molecule has 112 valence electrons. The van der Waals surface area contributed by atoms with E-state index < -0.39 is 0 Å². The van der Waals surface area contributed by atoms with Crippen molar-refractivity contribution < 1.29 is 9.59 Å². The van der Waals surface area contributed by atoms with Crippen molar-refractivity contribution in [2.75, 3.05) is 25.9 Å². The van der Waals surface area contributed by atoms with Crippen LogP contribution in [0.25, 0.3) is 0 Å². The number of aromatic nitrogens is 1. The molecule has 0 aromatic carbocycles. The van der Waals surface area contributed by atoms with Crippen molar-refractivity contribution >= 4 is 23.6 Å². The maximum atomic E-state index is 12.4. The number of pyridine rings is 1. The van der Waals surface area contributed by atoms with Gasteiger partial charge in [0, 0.05) is 32.4 Å². The summed E-state index contributed by atoms with van der Waals surface area (Å²) < 4.78 is 0. The molecule has 0 spiro atoms. The molecule has 0 unspecified atom stereocenters. The Morgan fingerprint density at radius 1 is 1.38 bits per heavy atom. The molecule has 1 aromatic heterocycles. The Bertz CT molecular complexity index is 537. The van der Waals surface area contributed by atoms with Crippen molar-refractivity contribution in [3.05, 3.63) is 24.4 Å². The normalized spacial score (nSPS) is 25.1. The molecular formula is C15H19N3O2S. The van der Waals surface area contributed by atoms with Gasteiger partial charge in [0.05, 0.1) is 16.7 Å². The summed E-state index contributed by atoms with van der Waals surface area (Å²) in [7, 11) is 1.86. The Balaban J connectivity index is 1.62. The number of carbonyl (C=O) groups excluding carboxylic acids is 2. The average Bonchev–Trinajstić information content (AvgIpc) is 2.80. The van der Waals surface area contributed by atoms with Crippen LogP contribution in [0, 0.1) is 5.92 Å². The fourth-order valence-corrected chi connectivity index (χ4v) is 3.78. The number of fused-ring (bicyclic) bond motifs is 4. The average molecular weight is 305 g/mol. The second kappa shape index (κ2) is 6.05. The van der Waals surface area contributed by atoms with Crippen LogP contribution in [-0.4, -0.2) is 58.5 Å². The van der Waals surface area contributed by atoms with Crippen LogP contribution in [0.4, 0.5) is 0 Å². The number of thioether (sulfide) groups is 1. The summed E-state index contributed by atoms with van der Waals surface area (Å²) in [6.07, 6.45) is 3.64. The van der Waals surface area contributed by atoms with Crippen molar-refractivity contribution in [3.63, 3.8) is 0 Å². The molecule has 4 heterocycles. The molecule has 0 aliphatic carbocycles. The van der Waals surface area contributed by atoms with Crippen LogP contribution in [-0.2, 0) is 9.59 Å². The van der Waals surface area contributed by atoms with E-state index in [-0.39, 0.29) is 23.8 Å². The summed E-state index contributed by atoms with van der Waals surface area (Å²) in [6.45, 7) is 1.24. The Labute approximate surface area is 128 Å². The van der Waals surface area contributed by atoms with Gasteiger partial charge in [-0.3, -0.25) is 9.59 Å². The zero-order chi connectivity index (χ0) is 14.8. The van der Waals surface area contributed by atoms with Gasteiger partial charge >= 0.3 is 0 Å². The van der Waals surface area contributed by atoms with E-state index in [1.54, 1.807) is 6.20 Å². The molecule has 0 saturated carbocycles. The van der Waals surface area contributed by atoms with Gasteiger partial charge in [0.2, 0.25) is 11.8 Å². The predicted molar refractivity (Wildman–Crippen MR) is 80.8 cm³/mol. The van der Waals surface area contributed by atoms with Crippen LogP contribution >= 0.6 is 11.8 Å². The van der Waals surface area contributed by atoms with Crippen molar-refractivity contribution in [3.8, 4) is 0 Å². The standard InChI is InChI=1S/C15H19N3O2S/c1-17-12-6-5-11(15(17)20)8-18(9-12)14(19)10-21-13-4-2-3-7-16-13/h2-4,7,11-12H,5-6,8-10H2,1H3/t11-,12+/m1/s1. The monoisotopic (exact) mass is 305 g/mol. The van der Waals surface area contributed by atoms with Gasteiger partial charge in [0.1, 0.15) is 0 Å². The van der Waals surface area contributed by atoms with E-state index in [4.69, 9.17) is 0 Å². The fourth-order valence-electron chi connectivity index (χ4n) is 3.02. The van der Waals surface area contributed by atoms with Gasteiger partial charge in [-0.2, -0.15) is 0 Å². The molecule has 2 amide bonds. The van der Waals surface area contributed by atoms with Gasteiger partial charge in [0.25, 0.3) is 0 Å². The molecule has 3 saturated heterocycles. The molecule has 3 fully saturated rings. The number of nitrogens with zero attached hydrogens (tertiary/aromatic N) is 3. The fraction of sp³-hybridized carbons (Fsp3) is 0.533. The molecule has 4 rings (SSSR count). The molecule has 6 heteroatoms. The summed E-state index contributed by atoms with van der Waals surface area (Å²) in [4.78, 5) is 32.4. The largest absolute Gasteiger partial charge is 0.341 e. The third-order valence-corrected chi connectivity index (χ3v) is 5.23. The number of piperidine rings is 1. The molecule has 3 aliphatic rings. The SMILES string of the molecule is CN1C(=O)[C@@H]2CC[C@H]1CN(C(=O)CSc1ccccn1)C2. The number of hydrogen-bond acceptors (Lipinski definition) is 4. The Hall–Kier alpha value is -1.56. The van der Waals surface area contributed by atoms with Crippen LogP contribution in [0.1, 0.15) is 12.8 Å². The lowest BCUT2D eigenvalue weighted by Crippen LogP contribution is -2.45. The van der Waals surface area contributed by atoms with Gasteiger partial charge in [-0.1, -0.05) is 17.8 Å². The Morgan fingerprint density at radius 3 is 3.00 bits per heavy atom. The van der Waals surface area contributed by atoms with E-state index in [0.717, 1.165) is 17.9 Å². The van der Waals surface area contributed by atoms with Crippen molar-refractivity contribution in [2.24, 2.45) is 5.92 Å². The maximum Gasteiger partial charge on any atom is 0.233 e. The molecule has 2 atom stereocenters. The lowest BCUT2D eigenvalue weighted by atomic mass is 9.95. The number of amides is 2. The van der Waals surface area contributed by atoms with Gasteiger partial charge in [0.15, 0.2) is 0 Å². The van der Waals surface area contributed by atoms with Gasteiger partial charge in [-0.15, -0.1) is 0 Å². The zero-order valence-electron chi connectivity index (χ0n) is 12.1. The minimum absolute atomic E-state index is 0.0162. The second-order valence-corrected chi connectivity index (χ2v) is 6.63. The zero-order valence-corrected chi connectivity index (χ0v) is 12.9. The van der Waals surface area contributed by atoms with Gasteiger partial charge in [-0.25, -0.2) is 4.98 Å². The summed E-state index contributed by atoms with van der Waals surface area (Å²) >= 11 is 1.45. The molecule has 3 aliphatic heterocycles. The van der Waals surface area contributed by atoms with Crippen molar-refractivity contribution in [1.29, 1.82) is 0 Å². The third kappa shape index (κ3) is 3.05. The van der Waals surface area contributed by atoms with Crippen molar-refractivity contribution in [2.45, 2.75) is 23.9 Å². The minimum Gasteiger partial charge on any atom is -0.341 e. The van der Waals surface area contributed by atoms with Gasteiger partial charge in [-0.05, 0) is 25.0 Å². The lowest BCUT2D eigenvalue weighted by Gasteiger charge is -2.32. The van der Waals surface area contributed by atoms with E-state index >= 15 is 0 Å². The van der Waals surface area contributed by atoms with Crippen LogP contribution in [0.2, 0.25) is 0 Å². The molecule has 0 N–H and O–H groups in total. The van der Waals surface area contributed by atoms with E-state index in [1.807, 2.05) is 35.0 Å². The van der Waals surface area contributed by atoms with Crippen molar-refractivity contribution in [1.82, 2.24) is 14.8 Å². The molecule has 21 heavy (non-hydrogen) atoms. The highest BCUT2D eigenvalue weighted by Gasteiger charge is 2.39. The predicted octanol–water partition coefficient (Wildman–Crippen LogP) is 1.25. The molecule has 1 aromatic rings. The highest BCUT2D eigenvalue weighted by atomic mass is 32.2. The lowest BCUT2D eigenvalue weighted by molar-refractivity contribution is -0.138. The van der Waals surface area contributed by atoms with E-state index in [9.17, 15) is 9.59 Å². The first-order chi connectivity index (χ1) is 10.1. The third-order valence-electron chi connectivity index (χ3n) is 4.30. The molecule has 0 radical (unpaired) electrons. The number of rotatable bonds is 3. The maximum absolute atomic E-state index is 12.4. The van der Waals surface area contributed by atoms with Crippen LogP contribution < -0.4 is 0 Å². The van der Waals surface area contributed by atoms with E-state index in [1.165, 1.54) is 11.8 Å². The van der Waals surface area contributed by atoms with Crippen LogP contribution in [0.3, 0.4) is 0 Å². The Kier molecular flexibility index (Phi) is 4.14. The number of likely N-dealkylation sites (N-methyl/N-ethyl adjacent to an activating group) is 1. The summed E-state index contributed by atoms with van der Waals surface area (Å²) in [5.41, 5.74) is 0. The number of hydrogen-bond donors (Lipinski definition) is 0. The highest BCUT2D eigenvalue weighted by molar-refractivity contribution is 7.99. The summed E-state index contributed by atoms with van der Waals surface area (Å²) in [5.74, 6) is 0.663. The molecular weight excluding hydrogens is 286 g/mol. The first kappa shape index (κ1) is 14.4. The smallest absolute Gasteiger partial charge is 0.233 e. The highest BCUT2D eigenvalue weighted by Crippen LogP contribution is 2.28. The number of carbonyl (C=O) groups is 2. The quantitative estimate of drug-likeness (QED) is 0.789. The van der Waals surface area contributed by atoms with Crippen LogP contribution in [0.15, 0.2) is 29.4 Å². The van der Waals surface area contributed by atoms with E-state index in [0.29, 0.717) is 18.8 Å². The minimum atomic E-state index is -0.0162. The first-order valence-electron chi connectivity index (χ1n) is 7.23. The summed E-state index contributed by atoms with van der Waals surface area (Å²) in [6, 6.07) is 5.86. The Morgan fingerprint density at radius 2 is 2.24 bits per heavy atom. The topological polar surface area (TPSA) is 53.5 Å².